The number of hydrogen-bond acceptors (Lipinski definition) is 6. The van der Waals surface area contributed by atoms with E-state index in [1.807, 2.05) is 20.8 Å². The van der Waals surface area contributed by atoms with E-state index in [1.54, 1.807) is 23.1 Å². The van der Waals surface area contributed by atoms with Crippen molar-refractivity contribution in [2.45, 2.75) is 32.8 Å². The van der Waals surface area contributed by atoms with Crippen LogP contribution in [0.25, 0.3) is 0 Å². The number of rotatable bonds is 6. The number of nitrogens with zero attached hydrogens (tertiary/aromatic N) is 3. The van der Waals surface area contributed by atoms with Gasteiger partial charge in [0, 0.05) is 38.8 Å². The zero-order valence-corrected chi connectivity index (χ0v) is 15.7. The summed E-state index contributed by atoms with van der Waals surface area (Å²) < 4.78 is 5.39. The minimum absolute atomic E-state index is 0.0958. The van der Waals surface area contributed by atoms with Crippen molar-refractivity contribution in [3.05, 3.63) is 34.4 Å². The number of carbonyl (C=O) groups excluding carboxylic acids is 1. The molecule has 0 spiro atoms. The zero-order valence-electron chi connectivity index (χ0n) is 15.7. The molecule has 26 heavy (non-hydrogen) atoms. The molecule has 1 aromatic rings. The van der Waals surface area contributed by atoms with Crippen molar-refractivity contribution in [2.24, 2.45) is 0 Å². The fourth-order valence-electron chi connectivity index (χ4n) is 2.79. The topological polar surface area (TPSA) is 88.0 Å². The first-order valence-electron chi connectivity index (χ1n) is 8.94. The SMILES string of the molecule is CC(C)(C)OC(=O)N1CCN(CCCNc2ccccc2[N+](=O)[O-])CC1. The first-order valence-corrected chi connectivity index (χ1v) is 8.94. The highest BCUT2D eigenvalue weighted by Gasteiger charge is 2.25. The zero-order chi connectivity index (χ0) is 19.2. The van der Waals surface area contributed by atoms with Gasteiger partial charge in [-0.2, -0.15) is 0 Å². The summed E-state index contributed by atoms with van der Waals surface area (Å²) in [5, 5.41) is 14.1. The number of anilines is 1. The van der Waals surface area contributed by atoms with E-state index in [9.17, 15) is 14.9 Å². The molecule has 1 aliphatic heterocycles. The van der Waals surface area contributed by atoms with Crippen molar-refractivity contribution < 1.29 is 14.5 Å². The van der Waals surface area contributed by atoms with E-state index in [0.29, 0.717) is 25.3 Å². The quantitative estimate of drug-likeness (QED) is 0.474. The van der Waals surface area contributed by atoms with Gasteiger partial charge in [-0.05, 0) is 39.8 Å². The third-order valence-electron chi connectivity index (χ3n) is 4.09. The fraction of sp³-hybridized carbons (Fsp3) is 0.611. The number of para-hydroxylation sites is 2. The Kier molecular flexibility index (Phi) is 6.79. The molecule has 1 aromatic carbocycles. The molecule has 1 aliphatic rings. The van der Waals surface area contributed by atoms with E-state index in [2.05, 4.69) is 10.2 Å². The predicted molar refractivity (Wildman–Crippen MR) is 100 cm³/mol. The molecule has 8 heteroatoms. The Morgan fingerprint density at radius 2 is 1.88 bits per heavy atom. The van der Waals surface area contributed by atoms with Crippen molar-refractivity contribution in [3.63, 3.8) is 0 Å². The van der Waals surface area contributed by atoms with Crippen molar-refractivity contribution in [3.8, 4) is 0 Å². The van der Waals surface area contributed by atoms with Crippen LogP contribution in [0.3, 0.4) is 0 Å². The Morgan fingerprint density at radius 1 is 1.23 bits per heavy atom. The molecule has 0 aromatic heterocycles. The van der Waals surface area contributed by atoms with Gasteiger partial charge in [-0.15, -0.1) is 0 Å². The smallest absolute Gasteiger partial charge is 0.410 e. The first-order chi connectivity index (χ1) is 12.3. The molecular weight excluding hydrogens is 336 g/mol. The van der Waals surface area contributed by atoms with Crippen LogP contribution in [0, 0.1) is 10.1 Å². The molecule has 0 radical (unpaired) electrons. The number of amides is 1. The van der Waals surface area contributed by atoms with Crippen LogP contribution in [0.4, 0.5) is 16.2 Å². The predicted octanol–water partition coefficient (Wildman–Crippen LogP) is 2.95. The van der Waals surface area contributed by atoms with Crippen molar-refractivity contribution in [2.75, 3.05) is 44.6 Å². The Hall–Kier alpha value is -2.35. The lowest BCUT2D eigenvalue weighted by Gasteiger charge is -2.35. The lowest BCUT2D eigenvalue weighted by atomic mass is 10.2. The van der Waals surface area contributed by atoms with Crippen molar-refractivity contribution in [1.82, 2.24) is 9.80 Å². The second kappa shape index (κ2) is 8.84. The number of nitro benzene ring substituents is 1. The number of nitro groups is 1. The minimum Gasteiger partial charge on any atom is -0.444 e. The van der Waals surface area contributed by atoms with E-state index in [0.717, 1.165) is 26.1 Å². The van der Waals surface area contributed by atoms with E-state index in [1.165, 1.54) is 6.07 Å². The molecule has 0 unspecified atom stereocenters. The molecule has 0 bridgehead atoms. The van der Waals surface area contributed by atoms with Crippen LogP contribution in [0.15, 0.2) is 24.3 Å². The molecule has 0 aliphatic carbocycles. The molecule has 1 N–H and O–H groups in total. The molecular formula is C18H28N4O4. The van der Waals surface area contributed by atoms with Gasteiger partial charge in [0.25, 0.3) is 5.69 Å². The fourth-order valence-corrected chi connectivity index (χ4v) is 2.79. The summed E-state index contributed by atoms with van der Waals surface area (Å²) >= 11 is 0. The van der Waals surface area contributed by atoms with Crippen LogP contribution in [0.1, 0.15) is 27.2 Å². The third-order valence-corrected chi connectivity index (χ3v) is 4.09. The monoisotopic (exact) mass is 364 g/mol. The standard InChI is InChI=1S/C18H28N4O4/c1-18(2,3)26-17(23)21-13-11-20(12-14-21)10-6-9-19-15-7-4-5-8-16(15)22(24)25/h4-5,7-8,19H,6,9-14H2,1-3H3. The number of carbonyl (C=O) groups is 1. The van der Waals surface area contributed by atoms with Crippen LogP contribution in [-0.2, 0) is 4.74 Å². The molecule has 1 fully saturated rings. The number of hydrogen-bond donors (Lipinski definition) is 1. The summed E-state index contributed by atoms with van der Waals surface area (Å²) in [5.41, 5.74) is 0.172. The lowest BCUT2D eigenvalue weighted by molar-refractivity contribution is -0.384. The van der Waals surface area contributed by atoms with Gasteiger partial charge in [0.2, 0.25) is 0 Å². The highest BCUT2D eigenvalue weighted by Crippen LogP contribution is 2.22. The Labute approximate surface area is 154 Å². The summed E-state index contributed by atoms with van der Waals surface area (Å²) in [6, 6.07) is 6.66. The first kappa shape index (κ1) is 20.0. The number of nitrogens with one attached hydrogen (secondary N) is 1. The maximum Gasteiger partial charge on any atom is 0.410 e. The molecule has 2 rings (SSSR count). The van der Waals surface area contributed by atoms with Crippen LogP contribution >= 0.6 is 0 Å². The van der Waals surface area contributed by atoms with Gasteiger partial charge in [0.05, 0.1) is 4.92 Å². The molecule has 1 saturated heterocycles. The molecule has 1 amide bonds. The van der Waals surface area contributed by atoms with E-state index >= 15 is 0 Å². The van der Waals surface area contributed by atoms with Gasteiger partial charge in [-0.3, -0.25) is 15.0 Å². The Balaban J connectivity index is 1.68. The van der Waals surface area contributed by atoms with E-state index in [-0.39, 0.29) is 16.7 Å². The molecule has 144 valence electrons. The Morgan fingerprint density at radius 3 is 2.50 bits per heavy atom. The maximum absolute atomic E-state index is 12.0. The van der Waals surface area contributed by atoms with E-state index in [4.69, 9.17) is 4.74 Å². The second-order valence-corrected chi connectivity index (χ2v) is 7.36. The normalized spacial score (nSPS) is 15.6. The molecule has 8 nitrogen and oxygen atoms in total. The molecule has 0 saturated carbocycles. The number of ether oxygens (including phenoxy) is 1. The van der Waals surface area contributed by atoms with Gasteiger partial charge in [-0.1, -0.05) is 12.1 Å². The van der Waals surface area contributed by atoms with Crippen LogP contribution < -0.4 is 5.32 Å². The number of piperazine rings is 1. The largest absolute Gasteiger partial charge is 0.444 e. The van der Waals surface area contributed by atoms with Crippen molar-refractivity contribution >= 4 is 17.5 Å². The number of benzene rings is 1. The average Bonchev–Trinajstić information content (AvgIpc) is 2.58. The lowest BCUT2D eigenvalue weighted by Crippen LogP contribution is -2.50. The minimum atomic E-state index is -0.472. The van der Waals surface area contributed by atoms with Gasteiger partial charge in [0.15, 0.2) is 0 Å². The van der Waals surface area contributed by atoms with Gasteiger partial charge < -0.3 is 15.0 Å². The van der Waals surface area contributed by atoms with Gasteiger partial charge in [0.1, 0.15) is 11.3 Å². The summed E-state index contributed by atoms with van der Waals surface area (Å²) in [6.07, 6.45) is 0.619. The average molecular weight is 364 g/mol. The highest BCUT2D eigenvalue weighted by atomic mass is 16.6. The van der Waals surface area contributed by atoms with Crippen LogP contribution in [0.2, 0.25) is 0 Å². The van der Waals surface area contributed by atoms with Gasteiger partial charge in [-0.25, -0.2) is 4.79 Å². The van der Waals surface area contributed by atoms with E-state index < -0.39 is 5.60 Å². The van der Waals surface area contributed by atoms with Crippen molar-refractivity contribution in [1.29, 1.82) is 0 Å². The summed E-state index contributed by atoms with van der Waals surface area (Å²) in [6.45, 7) is 10.1. The summed E-state index contributed by atoms with van der Waals surface area (Å²) in [4.78, 5) is 26.7. The highest BCUT2D eigenvalue weighted by molar-refractivity contribution is 5.68. The molecule has 1 heterocycles. The second-order valence-electron chi connectivity index (χ2n) is 7.36. The Bertz CT molecular complexity index is 622. The van der Waals surface area contributed by atoms with Crippen LogP contribution in [0.5, 0.6) is 0 Å². The van der Waals surface area contributed by atoms with Gasteiger partial charge >= 0.3 is 6.09 Å². The maximum atomic E-state index is 12.0. The summed E-state index contributed by atoms with van der Waals surface area (Å²) in [7, 11) is 0. The molecule has 0 atom stereocenters. The van der Waals surface area contributed by atoms with Crippen LogP contribution in [-0.4, -0.2) is 65.7 Å². The third kappa shape index (κ3) is 6.18. The summed E-state index contributed by atoms with van der Waals surface area (Å²) in [5.74, 6) is 0.